The van der Waals surface area contributed by atoms with Gasteiger partial charge in [0.15, 0.2) is 11.0 Å². The second-order valence-corrected chi connectivity index (χ2v) is 5.38. The lowest BCUT2D eigenvalue weighted by Crippen LogP contribution is -2.23. The van der Waals surface area contributed by atoms with Crippen molar-refractivity contribution in [3.8, 4) is 0 Å². The van der Waals surface area contributed by atoms with Crippen molar-refractivity contribution >= 4 is 23.3 Å². The molecule has 1 saturated heterocycles. The van der Waals surface area contributed by atoms with Gasteiger partial charge >= 0.3 is 0 Å². The summed E-state index contributed by atoms with van der Waals surface area (Å²) in [5.41, 5.74) is 1.01. The number of halogens is 1. The highest BCUT2D eigenvalue weighted by molar-refractivity contribution is 6.29. The Balaban J connectivity index is 1.62. The summed E-state index contributed by atoms with van der Waals surface area (Å²) < 4.78 is 5.07. The first-order chi connectivity index (χ1) is 10.2. The van der Waals surface area contributed by atoms with E-state index in [9.17, 15) is 4.79 Å². The van der Waals surface area contributed by atoms with E-state index in [1.165, 1.54) is 12.8 Å². The van der Waals surface area contributed by atoms with Gasteiger partial charge in [0.05, 0.1) is 0 Å². The molecule has 0 bridgehead atoms. The molecule has 0 radical (unpaired) electrons. The minimum atomic E-state index is -0.276. The molecule has 2 aromatic heterocycles. The van der Waals surface area contributed by atoms with Crippen LogP contribution < -0.4 is 10.2 Å². The molecule has 6 heteroatoms. The monoisotopic (exact) mass is 305 g/mol. The predicted molar refractivity (Wildman–Crippen MR) is 80.6 cm³/mol. The van der Waals surface area contributed by atoms with E-state index in [-0.39, 0.29) is 16.9 Å². The highest BCUT2D eigenvalue weighted by atomic mass is 35.5. The summed E-state index contributed by atoms with van der Waals surface area (Å²) in [5, 5.41) is 3.02. The summed E-state index contributed by atoms with van der Waals surface area (Å²) in [6.07, 6.45) is 4.20. The Morgan fingerprint density at radius 1 is 1.33 bits per heavy atom. The van der Waals surface area contributed by atoms with E-state index in [1.54, 1.807) is 18.3 Å². The third kappa shape index (κ3) is 3.36. The van der Waals surface area contributed by atoms with Crippen molar-refractivity contribution in [3.05, 3.63) is 47.0 Å². The lowest BCUT2D eigenvalue weighted by atomic mass is 10.2. The second kappa shape index (κ2) is 6.18. The number of pyridine rings is 1. The number of hydrogen-bond donors (Lipinski definition) is 1. The molecule has 1 amide bonds. The lowest BCUT2D eigenvalue weighted by Gasteiger charge is -2.16. The molecule has 3 heterocycles. The SMILES string of the molecule is O=C(NCc1ccnc(N2CCCC2)c1)c1ccc(Cl)o1. The maximum atomic E-state index is 11.9. The third-order valence-electron chi connectivity index (χ3n) is 3.49. The van der Waals surface area contributed by atoms with Crippen molar-refractivity contribution in [2.45, 2.75) is 19.4 Å². The van der Waals surface area contributed by atoms with Gasteiger partial charge in [-0.15, -0.1) is 0 Å². The fraction of sp³-hybridized carbons (Fsp3) is 0.333. The Hall–Kier alpha value is -2.01. The summed E-state index contributed by atoms with van der Waals surface area (Å²) in [6, 6.07) is 7.02. The summed E-state index contributed by atoms with van der Waals surface area (Å²) in [7, 11) is 0. The first-order valence-electron chi connectivity index (χ1n) is 6.96. The summed E-state index contributed by atoms with van der Waals surface area (Å²) in [4.78, 5) is 18.5. The Morgan fingerprint density at radius 2 is 2.14 bits per heavy atom. The Labute approximate surface area is 127 Å². The fourth-order valence-corrected chi connectivity index (χ4v) is 2.54. The zero-order chi connectivity index (χ0) is 14.7. The zero-order valence-electron chi connectivity index (χ0n) is 11.5. The van der Waals surface area contributed by atoms with Crippen molar-refractivity contribution < 1.29 is 9.21 Å². The van der Waals surface area contributed by atoms with Gasteiger partial charge in [-0.25, -0.2) is 4.98 Å². The van der Waals surface area contributed by atoms with Crippen LogP contribution in [0.4, 0.5) is 5.82 Å². The van der Waals surface area contributed by atoms with E-state index in [0.29, 0.717) is 6.54 Å². The van der Waals surface area contributed by atoms with E-state index in [1.807, 2.05) is 12.1 Å². The highest BCUT2D eigenvalue weighted by Crippen LogP contribution is 2.18. The highest BCUT2D eigenvalue weighted by Gasteiger charge is 2.14. The maximum Gasteiger partial charge on any atom is 0.287 e. The molecule has 0 unspecified atom stereocenters. The molecule has 1 aliphatic heterocycles. The Kier molecular flexibility index (Phi) is 4.10. The molecule has 21 heavy (non-hydrogen) atoms. The molecule has 0 aromatic carbocycles. The number of anilines is 1. The van der Waals surface area contributed by atoms with Crippen LogP contribution in [0.3, 0.4) is 0 Å². The van der Waals surface area contributed by atoms with Gasteiger partial charge in [0, 0.05) is 25.8 Å². The number of aromatic nitrogens is 1. The van der Waals surface area contributed by atoms with Gasteiger partial charge in [-0.2, -0.15) is 0 Å². The smallest absolute Gasteiger partial charge is 0.287 e. The standard InChI is InChI=1S/C15H16ClN3O2/c16-13-4-3-12(21-13)15(20)18-10-11-5-6-17-14(9-11)19-7-1-2-8-19/h3-6,9H,1-2,7-8,10H2,(H,18,20). The molecule has 1 fully saturated rings. The second-order valence-electron chi connectivity index (χ2n) is 5.00. The average Bonchev–Trinajstić information content (AvgIpc) is 3.16. The van der Waals surface area contributed by atoms with E-state index in [2.05, 4.69) is 15.2 Å². The molecule has 0 atom stereocenters. The molecular formula is C15H16ClN3O2. The third-order valence-corrected chi connectivity index (χ3v) is 3.69. The van der Waals surface area contributed by atoms with E-state index in [0.717, 1.165) is 24.5 Å². The van der Waals surface area contributed by atoms with Crippen molar-refractivity contribution in [2.24, 2.45) is 0 Å². The molecule has 5 nitrogen and oxygen atoms in total. The van der Waals surface area contributed by atoms with Gasteiger partial charge in [-0.05, 0) is 54.3 Å². The van der Waals surface area contributed by atoms with Crippen molar-refractivity contribution in [3.63, 3.8) is 0 Å². The van der Waals surface area contributed by atoms with Gasteiger partial charge in [-0.1, -0.05) is 0 Å². The van der Waals surface area contributed by atoms with E-state index >= 15 is 0 Å². The van der Waals surface area contributed by atoms with Crippen LogP contribution in [-0.4, -0.2) is 24.0 Å². The van der Waals surface area contributed by atoms with Crippen molar-refractivity contribution in [1.29, 1.82) is 0 Å². The van der Waals surface area contributed by atoms with Crippen LogP contribution in [0.15, 0.2) is 34.9 Å². The first-order valence-corrected chi connectivity index (χ1v) is 7.33. The lowest BCUT2D eigenvalue weighted by molar-refractivity contribution is 0.0923. The molecule has 0 saturated carbocycles. The molecule has 0 spiro atoms. The molecule has 110 valence electrons. The van der Waals surface area contributed by atoms with Gasteiger partial charge in [0.25, 0.3) is 5.91 Å². The summed E-state index contributed by atoms with van der Waals surface area (Å²) >= 11 is 5.65. The summed E-state index contributed by atoms with van der Waals surface area (Å²) in [6.45, 7) is 2.53. The van der Waals surface area contributed by atoms with Crippen LogP contribution in [-0.2, 0) is 6.54 Å². The van der Waals surface area contributed by atoms with Gasteiger partial charge in [-0.3, -0.25) is 4.79 Å². The number of carbonyl (C=O) groups is 1. The largest absolute Gasteiger partial charge is 0.440 e. The molecule has 1 N–H and O–H groups in total. The molecule has 1 aliphatic rings. The molecule has 0 aliphatic carbocycles. The number of amides is 1. The number of rotatable bonds is 4. The Bertz CT molecular complexity index is 635. The fourth-order valence-electron chi connectivity index (χ4n) is 2.40. The van der Waals surface area contributed by atoms with Gasteiger partial charge in [0.1, 0.15) is 5.82 Å². The molecule has 3 rings (SSSR count). The van der Waals surface area contributed by atoms with Gasteiger partial charge in [0.2, 0.25) is 0 Å². The number of hydrogen-bond acceptors (Lipinski definition) is 4. The Morgan fingerprint density at radius 3 is 2.86 bits per heavy atom. The average molecular weight is 306 g/mol. The predicted octanol–water partition coefficient (Wildman–Crippen LogP) is 2.86. The number of furan rings is 1. The van der Waals surface area contributed by atoms with Crippen LogP contribution in [0.5, 0.6) is 0 Å². The van der Waals surface area contributed by atoms with Crippen LogP contribution in [0.25, 0.3) is 0 Å². The first kappa shape index (κ1) is 13.9. The van der Waals surface area contributed by atoms with Crippen molar-refractivity contribution in [2.75, 3.05) is 18.0 Å². The van der Waals surface area contributed by atoms with Crippen LogP contribution in [0.1, 0.15) is 29.0 Å². The zero-order valence-corrected chi connectivity index (χ0v) is 12.3. The maximum absolute atomic E-state index is 11.9. The quantitative estimate of drug-likeness (QED) is 0.943. The number of nitrogens with zero attached hydrogens (tertiary/aromatic N) is 2. The number of carbonyl (C=O) groups excluding carboxylic acids is 1. The number of nitrogens with one attached hydrogen (secondary N) is 1. The van der Waals surface area contributed by atoms with Crippen LogP contribution >= 0.6 is 11.6 Å². The van der Waals surface area contributed by atoms with Crippen LogP contribution in [0.2, 0.25) is 5.22 Å². The van der Waals surface area contributed by atoms with Crippen molar-refractivity contribution in [1.82, 2.24) is 10.3 Å². The van der Waals surface area contributed by atoms with Gasteiger partial charge < -0.3 is 14.6 Å². The van der Waals surface area contributed by atoms with E-state index in [4.69, 9.17) is 16.0 Å². The minimum Gasteiger partial charge on any atom is -0.440 e. The summed E-state index contributed by atoms with van der Waals surface area (Å²) in [5.74, 6) is 0.913. The normalized spacial score (nSPS) is 14.4. The topological polar surface area (TPSA) is 58.4 Å². The van der Waals surface area contributed by atoms with E-state index < -0.39 is 0 Å². The minimum absolute atomic E-state index is 0.209. The van der Waals surface area contributed by atoms with Crippen LogP contribution in [0, 0.1) is 0 Å². The molecular weight excluding hydrogens is 290 g/mol. The molecule has 2 aromatic rings.